The molecule has 0 aromatic heterocycles. The molecule has 84 valence electrons. The van der Waals surface area contributed by atoms with Crippen molar-refractivity contribution >= 4 is 12.6 Å². The van der Waals surface area contributed by atoms with Gasteiger partial charge in [0.1, 0.15) is 0 Å². The van der Waals surface area contributed by atoms with Gasteiger partial charge in [-0.2, -0.15) is 12.6 Å². The summed E-state index contributed by atoms with van der Waals surface area (Å²) < 4.78 is 0.107. The van der Waals surface area contributed by atoms with Crippen molar-refractivity contribution in [3.63, 3.8) is 0 Å². The average molecular weight is 215 g/mol. The standard InChI is InChI=1S/C12H25NS/c1-3-7-11(13)9-5-6-10-12(11,14)8-4-2/h14H,3-10,13H2,1-2H3. The second-order valence-electron chi connectivity index (χ2n) is 4.89. The molecule has 1 saturated carbocycles. The Labute approximate surface area is 94.2 Å². The van der Waals surface area contributed by atoms with E-state index in [1.54, 1.807) is 0 Å². The van der Waals surface area contributed by atoms with Gasteiger partial charge in [-0.15, -0.1) is 0 Å². The Morgan fingerprint density at radius 3 is 2.21 bits per heavy atom. The molecule has 0 radical (unpaired) electrons. The zero-order chi connectivity index (χ0) is 10.7. The van der Waals surface area contributed by atoms with Crippen molar-refractivity contribution in [2.75, 3.05) is 0 Å². The average Bonchev–Trinajstić information content (AvgIpc) is 2.12. The second kappa shape index (κ2) is 4.89. The lowest BCUT2D eigenvalue weighted by Crippen LogP contribution is -2.59. The lowest BCUT2D eigenvalue weighted by atomic mass is 9.68. The van der Waals surface area contributed by atoms with E-state index in [4.69, 9.17) is 18.4 Å². The maximum absolute atomic E-state index is 6.56. The van der Waals surface area contributed by atoms with Crippen molar-refractivity contribution in [2.45, 2.75) is 75.5 Å². The van der Waals surface area contributed by atoms with Crippen LogP contribution < -0.4 is 5.73 Å². The number of nitrogens with two attached hydrogens (primary N) is 1. The largest absolute Gasteiger partial charge is 0.324 e. The first-order valence-electron chi connectivity index (χ1n) is 6.09. The van der Waals surface area contributed by atoms with Crippen molar-refractivity contribution < 1.29 is 0 Å². The van der Waals surface area contributed by atoms with E-state index >= 15 is 0 Å². The lowest BCUT2D eigenvalue weighted by Gasteiger charge is -2.49. The molecule has 0 heterocycles. The third-order valence-corrected chi connectivity index (χ3v) is 4.64. The number of thiol groups is 1. The normalized spacial score (nSPS) is 38.6. The first kappa shape index (κ1) is 12.4. The van der Waals surface area contributed by atoms with E-state index in [9.17, 15) is 0 Å². The summed E-state index contributed by atoms with van der Waals surface area (Å²) >= 11 is 4.92. The van der Waals surface area contributed by atoms with Crippen LogP contribution in [0.1, 0.15) is 65.2 Å². The predicted molar refractivity (Wildman–Crippen MR) is 66.9 cm³/mol. The molecule has 1 fully saturated rings. The molecular formula is C12H25NS. The van der Waals surface area contributed by atoms with Crippen molar-refractivity contribution in [1.82, 2.24) is 0 Å². The van der Waals surface area contributed by atoms with Crippen LogP contribution in [0.4, 0.5) is 0 Å². The van der Waals surface area contributed by atoms with Crippen molar-refractivity contribution in [2.24, 2.45) is 5.73 Å². The summed E-state index contributed by atoms with van der Waals surface area (Å²) in [6, 6.07) is 0. The van der Waals surface area contributed by atoms with Gasteiger partial charge in [0, 0.05) is 10.3 Å². The highest BCUT2D eigenvalue weighted by atomic mass is 32.1. The molecule has 1 nitrogen and oxygen atoms in total. The first-order chi connectivity index (χ1) is 6.58. The number of hydrogen-bond donors (Lipinski definition) is 2. The Morgan fingerprint density at radius 1 is 1.07 bits per heavy atom. The molecule has 1 rings (SSSR count). The van der Waals surface area contributed by atoms with E-state index in [2.05, 4.69) is 13.8 Å². The SMILES string of the molecule is CCCC1(N)CCCCC1(S)CCC. The van der Waals surface area contributed by atoms with Crippen LogP contribution in [-0.2, 0) is 0 Å². The van der Waals surface area contributed by atoms with E-state index in [1.165, 1.54) is 44.9 Å². The number of hydrogen-bond acceptors (Lipinski definition) is 2. The molecule has 14 heavy (non-hydrogen) atoms. The molecule has 0 bridgehead atoms. The Hall–Kier alpha value is 0.310. The summed E-state index contributed by atoms with van der Waals surface area (Å²) in [6.07, 6.45) is 9.68. The summed E-state index contributed by atoms with van der Waals surface area (Å²) in [6.45, 7) is 4.46. The van der Waals surface area contributed by atoms with E-state index in [0.717, 1.165) is 6.42 Å². The summed E-state index contributed by atoms with van der Waals surface area (Å²) in [4.78, 5) is 0. The summed E-state index contributed by atoms with van der Waals surface area (Å²) in [5, 5.41) is 0. The highest BCUT2D eigenvalue weighted by Gasteiger charge is 2.46. The predicted octanol–water partition coefficient (Wildman–Crippen LogP) is 3.53. The maximum Gasteiger partial charge on any atom is 0.0309 e. The van der Waals surface area contributed by atoms with E-state index < -0.39 is 0 Å². The minimum Gasteiger partial charge on any atom is -0.324 e. The zero-order valence-electron chi connectivity index (χ0n) is 9.68. The quantitative estimate of drug-likeness (QED) is 0.689. The van der Waals surface area contributed by atoms with Crippen LogP contribution in [0.25, 0.3) is 0 Å². The Morgan fingerprint density at radius 2 is 1.64 bits per heavy atom. The fourth-order valence-corrected chi connectivity index (χ4v) is 3.54. The minimum absolute atomic E-state index is 0.000872. The van der Waals surface area contributed by atoms with E-state index in [0.29, 0.717) is 0 Å². The Bertz CT molecular complexity index is 155. The summed E-state index contributed by atoms with van der Waals surface area (Å²) in [5.41, 5.74) is 6.56. The molecule has 2 atom stereocenters. The van der Waals surface area contributed by atoms with Gasteiger partial charge in [-0.05, 0) is 25.7 Å². The first-order valence-corrected chi connectivity index (χ1v) is 6.54. The summed E-state index contributed by atoms with van der Waals surface area (Å²) in [5.74, 6) is 0. The van der Waals surface area contributed by atoms with Crippen LogP contribution in [0.5, 0.6) is 0 Å². The highest BCUT2D eigenvalue weighted by Crippen LogP contribution is 2.45. The van der Waals surface area contributed by atoms with E-state index in [1.807, 2.05) is 0 Å². The van der Waals surface area contributed by atoms with Crippen LogP contribution in [-0.4, -0.2) is 10.3 Å². The molecule has 2 heteroatoms. The monoisotopic (exact) mass is 215 g/mol. The Balaban J connectivity index is 2.75. The van der Waals surface area contributed by atoms with Crippen LogP contribution in [0.15, 0.2) is 0 Å². The van der Waals surface area contributed by atoms with Crippen molar-refractivity contribution in [3.8, 4) is 0 Å². The van der Waals surface area contributed by atoms with Gasteiger partial charge in [0.2, 0.25) is 0 Å². The van der Waals surface area contributed by atoms with Gasteiger partial charge in [0.15, 0.2) is 0 Å². The van der Waals surface area contributed by atoms with Gasteiger partial charge in [-0.3, -0.25) is 0 Å². The van der Waals surface area contributed by atoms with E-state index in [-0.39, 0.29) is 10.3 Å². The third-order valence-electron chi connectivity index (χ3n) is 3.75. The minimum atomic E-state index is -0.000872. The van der Waals surface area contributed by atoms with Gasteiger partial charge in [-0.1, -0.05) is 39.5 Å². The molecule has 0 aromatic carbocycles. The molecule has 0 aliphatic heterocycles. The second-order valence-corrected chi connectivity index (χ2v) is 5.75. The topological polar surface area (TPSA) is 26.0 Å². The molecule has 2 N–H and O–H groups in total. The van der Waals surface area contributed by atoms with Crippen molar-refractivity contribution in [1.29, 1.82) is 0 Å². The van der Waals surface area contributed by atoms with Gasteiger partial charge < -0.3 is 5.73 Å². The molecule has 0 aromatic rings. The maximum atomic E-state index is 6.56. The third kappa shape index (κ3) is 2.27. The highest BCUT2D eigenvalue weighted by molar-refractivity contribution is 7.82. The number of rotatable bonds is 4. The zero-order valence-corrected chi connectivity index (χ0v) is 10.6. The fraction of sp³-hybridized carbons (Fsp3) is 1.00. The molecule has 0 spiro atoms. The van der Waals surface area contributed by atoms with Gasteiger partial charge in [0.25, 0.3) is 0 Å². The molecule has 1 aliphatic carbocycles. The lowest BCUT2D eigenvalue weighted by molar-refractivity contribution is 0.197. The molecule has 2 unspecified atom stereocenters. The van der Waals surface area contributed by atoms with Crippen LogP contribution in [0.3, 0.4) is 0 Å². The van der Waals surface area contributed by atoms with Crippen molar-refractivity contribution in [3.05, 3.63) is 0 Å². The summed E-state index contributed by atoms with van der Waals surface area (Å²) in [7, 11) is 0. The van der Waals surface area contributed by atoms with Crippen LogP contribution >= 0.6 is 12.6 Å². The van der Waals surface area contributed by atoms with Gasteiger partial charge >= 0.3 is 0 Å². The Kier molecular flexibility index (Phi) is 4.32. The molecule has 1 aliphatic rings. The smallest absolute Gasteiger partial charge is 0.0309 e. The van der Waals surface area contributed by atoms with Crippen LogP contribution in [0.2, 0.25) is 0 Å². The molecule has 0 saturated heterocycles. The van der Waals surface area contributed by atoms with Crippen LogP contribution in [0, 0.1) is 0 Å². The van der Waals surface area contributed by atoms with Gasteiger partial charge in [0.05, 0.1) is 0 Å². The van der Waals surface area contributed by atoms with Gasteiger partial charge in [-0.25, -0.2) is 0 Å². The fourth-order valence-electron chi connectivity index (χ4n) is 2.93. The molecular weight excluding hydrogens is 190 g/mol. The molecule has 0 amide bonds.